The Hall–Kier alpha value is -0.980. The van der Waals surface area contributed by atoms with Crippen molar-refractivity contribution in [1.82, 2.24) is 0 Å². The van der Waals surface area contributed by atoms with Crippen LogP contribution in [0.15, 0.2) is 30.3 Å². The SMILES string of the molecule is CC(N)C(O)(O)O.NCCc1ccccc1. The average molecular weight is 228 g/mol. The second-order valence-electron chi connectivity index (χ2n) is 3.50. The van der Waals surface area contributed by atoms with Gasteiger partial charge in [-0.1, -0.05) is 30.3 Å². The minimum absolute atomic E-state index is 0.740. The van der Waals surface area contributed by atoms with Crippen molar-refractivity contribution in [2.45, 2.75) is 25.4 Å². The lowest BCUT2D eigenvalue weighted by molar-refractivity contribution is -0.320. The molecule has 0 amide bonds. The summed E-state index contributed by atoms with van der Waals surface area (Å²) in [4.78, 5) is 0. The summed E-state index contributed by atoms with van der Waals surface area (Å²) in [6.45, 7) is 2.02. The van der Waals surface area contributed by atoms with E-state index in [1.165, 1.54) is 12.5 Å². The van der Waals surface area contributed by atoms with E-state index in [2.05, 4.69) is 12.1 Å². The molecule has 1 aromatic carbocycles. The van der Waals surface area contributed by atoms with Crippen LogP contribution >= 0.6 is 0 Å². The number of aliphatic hydroxyl groups is 3. The molecule has 5 heteroatoms. The van der Waals surface area contributed by atoms with Crippen LogP contribution in [0.5, 0.6) is 0 Å². The molecule has 0 bridgehead atoms. The van der Waals surface area contributed by atoms with Gasteiger partial charge in [-0.2, -0.15) is 0 Å². The molecule has 1 unspecified atom stereocenters. The second-order valence-corrected chi connectivity index (χ2v) is 3.50. The summed E-state index contributed by atoms with van der Waals surface area (Å²) in [6, 6.07) is 9.22. The summed E-state index contributed by atoms with van der Waals surface area (Å²) in [5.41, 5.74) is 11.5. The summed E-state index contributed by atoms with van der Waals surface area (Å²) < 4.78 is 0. The quantitative estimate of drug-likeness (QED) is 0.433. The Bertz CT molecular complexity index is 270. The highest BCUT2D eigenvalue weighted by molar-refractivity contribution is 5.14. The Kier molecular flexibility index (Phi) is 6.87. The predicted molar refractivity (Wildman–Crippen MR) is 62.2 cm³/mol. The lowest BCUT2D eigenvalue weighted by atomic mass is 10.2. The van der Waals surface area contributed by atoms with Crippen molar-refractivity contribution in [3.63, 3.8) is 0 Å². The molecule has 0 spiro atoms. The maximum Gasteiger partial charge on any atom is 0.291 e. The molecule has 5 nitrogen and oxygen atoms in total. The van der Waals surface area contributed by atoms with Crippen LogP contribution in [0.4, 0.5) is 0 Å². The van der Waals surface area contributed by atoms with E-state index in [0.29, 0.717) is 0 Å². The normalized spacial score (nSPS) is 12.6. The van der Waals surface area contributed by atoms with Crippen LogP contribution in [-0.4, -0.2) is 33.9 Å². The van der Waals surface area contributed by atoms with Gasteiger partial charge in [-0.3, -0.25) is 0 Å². The largest absolute Gasteiger partial charge is 0.342 e. The Morgan fingerprint density at radius 1 is 1.19 bits per heavy atom. The minimum atomic E-state index is -2.72. The van der Waals surface area contributed by atoms with E-state index in [1.54, 1.807) is 0 Å². The first-order chi connectivity index (χ1) is 7.38. The van der Waals surface area contributed by atoms with E-state index in [9.17, 15) is 0 Å². The topological polar surface area (TPSA) is 113 Å². The number of rotatable bonds is 3. The molecule has 1 aromatic rings. The lowest BCUT2D eigenvalue weighted by Gasteiger charge is -2.16. The Morgan fingerprint density at radius 2 is 1.62 bits per heavy atom. The van der Waals surface area contributed by atoms with Crippen molar-refractivity contribution in [2.75, 3.05) is 6.54 Å². The molecule has 0 saturated heterocycles. The molecule has 92 valence electrons. The van der Waals surface area contributed by atoms with E-state index in [-0.39, 0.29) is 0 Å². The molecule has 1 atom stereocenters. The lowest BCUT2D eigenvalue weighted by Crippen LogP contribution is -2.45. The maximum atomic E-state index is 8.08. The van der Waals surface area contributed by atoms with Gasteiger partial charge in [-0.15, -0.1) is 0 Å². The zero-order valence-corrected chi connectivity index (χ0v) is 9.37. The molecule has 1 rings (SSSR count). The average Bonchev–Trinajstić information content (AvgIpc) is 2.19. The first-order valence-electron chi connectivity index (χ1n) is 5.04. The van der Waals surface area contributed by atoms with Crippen LogP contribution < -0.4 is 11.5 Å². The van der Waals surface area contributed by atoms with E-state index >= 15 is 0 Å². The first kappa shape index (κ1) is 15.0. The monoisotopic (exact) mass is 228 g/mol. The van der Waals surface area contributed by atoms with Gasteiger partial charge >= 0.3 is 0 Å². The Balaban J connectivity index is 0.000000293. The second kappa shape index (κ2) is 7.32. The van der Waals surface area contributed by atoms with Crippen molar-refractivity contribution < 1.29 is 15.3 Å². The van der Waals surface area contributed by atoms with E-state index < -0.39 is 12.0 Å². The van der Waals surface area contributed by atoms with Gasteiger partial charge in [0.15, 0.2) is 0 Å². The van der Waals surface area contributed by atoms with Gasteiger partial charge in [0.1, 0.15) is 0 Å². The van der Waals surface area contributed by atoms with Crippen LogP contribution in [0.3, 0.4) is 0 Å². The standard InChI is InChI=1S/C8H11N.C3H9NO3/c9-7-6-8-4-2-1-3-5-8;1-2(4)3(5,6)7/h1-5H,6-7,9H2;2,5-7H,4H2,1H3. The third-order valence-electron chi connectivity index (χ3n) is 1.89. The van der Waals surface area contributed by atoms with Gasteiger partial charge in [0.25, 0.3) is 5.97 Å². The van der Waals surface area contributed by atoms with Gasteiger partial charge in [-0.05, 0) is 25.5 Å². The third-order valence-corrected chi connectivity index (χ3v) is 1.89. The molecule has 0 heterocycles. The molecule has 16 heavy (non-hydrogen) atoms. The fourth-order valence-corrected chi connectivity index (χ4v) is 0.811. The van der Waals surface area contributed by atoms with Crippen molar-refractivity contribution in [3.8, 4) is 0 Å². The van der Waals surface area contributed by atoms with Crippen LogP contribution in [0.2, 0.25) is 0 Å². The number of hydrogen-bond acceptors (Lipinski definition) is 5. The smallest absolute Gasteiger partial charge is 0.291 e. The minimum Gasteiger partial charge on any atom is -0.342 e. The first-order valence-corrected chi connectivity index (χ1v) is 5.04. The van der Waals surface area contributed by atoms with Gasteiger partial charge in [0.2, 0.25) is 0 Å². The van der Waals surface area contributed by atoms with Crippen LogP contribution in [0.25, 0.3) is 0 Å². The Morgan fingerprint density at radius 3 is 1.94 bits per heavy atom. The molecule has 0 aromatic heterocycles. The summed E-state index contributed by atoms with van der Waals surface area (Å²) in [7, 11) is 0. The summed E-state index contributed by atoms with van der Waals surface area (Å²) in [5.74, 6) is -2.72. The van der Waals surface area contributed by atoms with Crippen LogP contribution in [0, 0.1) is 0 Å². The molecular formula is C11H20N2O3. The van der Waals surface area contributed by atoms with E-state index in [1.807, 2.05) is 18.2 Å². The highest BCUT2D eigenvalue weighted by atomic mass is 16.7. The fraction of sp³-hybridized carbons (Fsp3) is 0.455. The predicted octanol–water partition coefficient (Wildman–Crippen LogP) is -0.848. The van der Waals surface area contributed by atoms with Crippen molar-refractivity contribution in [3.05, 3.63) is 35.9 Å². The molecule has 0 radical (unpaired) electrons. The molecule has 0 aliphatic rings. The number of hydrogen-bond donors (Lipinski definition) is 5. The zero-order valence-electron chi connectivity index (χ0n) is 9.37. The highest BCUT2D eigenvalue weighted by Gasteiger charge is 2.23. The van der Waals surface area contributed by atoms with Crippen molar-refractivity contribution in [2.24, 2.45) is 11.5 Å². The van der Waals surface area contributed by atoms with Crippen LogP contribution in [0.1, 0.15) is 12.5 Å². The van der Waals surface area contributed by atoms with E-state index in [4.69, 9.17) is 26.8 Å². The van der Waals surface area contributed by atoms with Gasteiger partial charge in [0.05, 0.1) is 6.04 Å². The molecular weight excluding hydrogens is 208 g/mol. The summed E-state index contributed by atoms with van der Waals surface area (Å²) >= 11 is 0. The number of nitrogens with two attached hydrogens (primary N) is 2. The zero-order chi connectivity index (χ0) is 12.6. The van der Waals surface area contributed by atoms with Crippen LogP contribution in [-0.2, 0) is 6.42 Å². The fourth-order valence-electron chi connectivity index (χ4n) is 0.811. The number of benzene rings is 1. The highest BCUT2D eigenvalue weighted by Crippen LogP contribution is 1.97. The van der Waals surface area contributed by atoms with Crippen molar-refractivity contribution in [1.29, 1.82) is 0 Å². The summed E-state index contributed by atoms with van der Waals surface area (Å²) in [6.07, 6.45) is 0.987. The van der Waals surface area contributed by atoms with Gasteiger partial charge in [0, 0.05) is 0 Å². The van der Waals surface area contributed by atoms with Gasteiger partial charge in [-0.25, -0.2) is 0 Å². The molecule has 0 aliphatic heterocycles. The molecule has 0 fully saturated rings. The Labute approximate surface area is 95.3 Å². The van der Waals surface area contributed by atoms with Gasteiger partial charge < -0.3 is 26.8 Å². The molecule has 0 saturated carbocycles. The summed E-state index contributed by atoms with van der Waals surface area (Å²) in [5, 5.41) is 24.2. The third kappa shape index (κ3) is 7.33. The molecule has 7 N–H and O–H groups in total. The van der Waals surface area contributed by atoms with E-state index in [0.717, 1.165) is 13.0 Å². The maximum absolute atomic E-state index is 8.08. The molecule has 0 aliphatic carbocycles. The van der Waals surface area contributed by atoms with Crippen molar-refractivity contribution >= 4 is 0 Å².